The molecule has 3 nitrogen and oxygen atoms in total. The quantitative estimate of drug-likeness (QED) is 0.220. The molecule has 0 bridgehead atoms. The number of nitrogens with zero attached hydrogens (tertiary/aromatic N) is 2. The predicted octanol–water partition coefficient (Wildman–Crippen LogP) is 8.16. The summed E-state index contributed by atoms with van der Waals surface area (Å²) in [6.07, 6.45) is 21.6. The van der Waals surface area contributed by atoms with Gasteiger partial charge in [0.1, 0.15) is 5.75 Å². The van der Waals surface area contributed by atoms with Crippen LogP contribution in [-0.4, -0.2) is 9.97 Å². The molecule has 0 saturated heterocycles. The third-order valence-corrected chi connectivity index (χ3v) is 5.70. The molecule has 1 heterocycles. The fourth-order valence-corrected chi connectivity index (χ4v) is 3.40. The summed E-state index contributed by atoms with van der Waals surface area (Å²) >= 11 is 0. The van der Waals surface area contributed by atoms with E-state index < -0.39 is 0 Å². The number of rotatable bonds is 15. The molecule has 2 rings (SSSR count). The molecule has 1 atom stereocenters. The zero-order valence-corrected chi connectivity index (χ0v) is 19.3. The molecule has 0 saturated carbocycles. The van der Waals surface area contributed by atoms with E-state index in [0.29, 0.717) is 0 Å². The Bertz CT molecular complexity index is 707. The van der Waals surface area contributed by atoms with Gasteiger partial charge in [0.15, 0.2) is 5.82 Å². The summed E-state index contributed by atoms with van der Waals surface area (Å²) < 4.78 is 5.69. The SMILES string of the molecule is CCCCCCC=COc1ccc(-c2ncc(CCCCCC(C)CC)cn2)cc1. The first-order valence-electron chi connectivity index (χ1n) is 12.0. The van der Waals surface area contributed by atoms with E-state index in [4.69, 9.17) is 4.74 Å². The average Bonchev–Trinajstić information content (AvgIpc) is 2.79. The summed E-state index contributed by atoms with van der Waals surface area (Å²) in [7, 11) is 0. The van der Waals surface area contributed by atoms with Gasteiger partial charge in [-0.25, -0.2) is 9.97 Å². The molecule has 2 aromatic rings. The van der Waals surface area contributed by atoms with E-state index in [9.17, 15) is 0 Å². The fourth-order valence-electron chi connectivity index (χ4n) is 3.40. The van der Waals surface area contributed by atoms with Gasteiger partial charge in [0.2, 0.25) is 0 Å². The van der Waals surface area contributed by atoms with Gasteiger partial charge >= 0.3 is 0 Å². The lowest BCUT2D eigenvalue weighted by molar-refractivity contribution is 0.477. The van der Waals surface area contributed by atoms with Crippen LogP contribution in [0, 0.1) is 5.92 Å². The minimum Gasteiger partial charge on any atom is -0.465 e. The van der Waals surface area contributed by atoms with Crippen LogP contribution >= 0.6 is 0 Å². The van der Waals surface area contributed by atoms with Gasteiger partial charge in [0, 0.05) is 18.0 Å². The van der Waals surface area contributed by atoms with Crippen molar-refractivity contribution >= 4 is 0 Å². The molecular formula is C27H40N2O. The molecule has 0 spiro atoms. The summed E-state index contributed by atoms with van der Waals surface area (Å²) in [6, 6.07) is 8.00. The maximum absolute atomic E-state index is 5.69. The molecule has 0 fully saturated rings. The smallest absolute Gasteiger partial charge is 0.159 e. The predicted molar refractivity (Wildman–Crippen MR) is 128 cm³/mol. The molecule has 0 amide bonds. The molecule has 164 valence electrons. The Morgan fingerprint density at radius 3 is 2.33 bits per heavy atom. The van der Waals surface area contributed by atoms with Gasteiger partial charge in [-0.2, -0.15) is 0 Å². The lowest BCUT2D eigenvalue weighted by Gasteiger charge is -2.07. The topological polar surface area (TPSA) is 35.0 Å². The van der Waals surface area contributed by atoms with Crippen LogP contribution < -0.4 is 4.74 Å². The van der Waals surface area contributed by atoms with Crippen molar-refractivity contribution in [1.29, 1.82) is 0 Å². The molecule has 1 unspecified atom stereocenters. The van der Waals surface area contributed by atoms with Crippen molar-refractivity contribution in [2.45, 2.75) is 91.4 Å². The number of hydrogen-bond donors (Lipinski definition) is 0. The standard InChI is InChI=1S/C27H40N2O/c1-4-6-7-8-9-13-20-30-26-18-16-25(17-19-26)27-28-21-24(22-29-27)15-12-10-11-14-23(3)5-2/h13,16-23H,4-12,14-15H2,1-3H3. The molecule has 0 aliphatic rings. The second-order valence-electron chi connectivity index (χ2n) is 8.39. The lowest BCUT2D eigenvalue weighted by atomic mass is 10.00. The Balaban J connectivity index is 1.72. The number of benzene rings is 1. The van der Waals surface area contributed by atoms with Crippen molar-refractivity contribution < 1.29 is 4.74 Å². The Morgan fingerprint density at radius 2 is 1.63 bits per heavy atom. The van der Waals surface area contributed by atoms with Gasteiger partial charge in [-0.3, -0.25) is 0 Å². The van der Waals surface area contributed by atoms with Crippen LogP contribution in [0.15, 0.2) is 49.0 Å². The monoisotopic (exact) mass is 408 g/mol. The van der Waals surface area contributed by atoms with Crippen LogP contribution in [0.1, 0.15) is 90.5 Å². The number of ether oxygens (including phenoxy) is 1. The lowest BCUT2D eigenvalue weighted by Crippen LogP contribution is -1.95. The molecule has 3 heteroatoms. The highest BCUT2D eigenvalue weighted by Crippen LogP contribution is 2.20. The van der Waals surface area contributed by atoms with Crippen molar-refractivity contribution in [3.8, 4) is 17.1 Å². The van der Waals surface area contributed by atoms with E-state index in [1.54, 1.807) is 6.26 Å². The summed E-state index contributed by atoms with van der Waals surface area (Å²) in [5, 5.41) is 0. The van der Waals surface area contributed by atoms with Crippen LogP contribution in [0.5, 0.6) is 5.75 Å². The minimum absolute atomic E-state index is 0.772. The highest BCUT2D eigenvalue weighted by molar-refractivity contribution is 5.55. The molecule has 1 aromatic carbocycles. The minimum atomic E-state index is 0.772. The third-order valence-electron chi connectivity index (χ3n) is 5.70. The number of allylic oxidation sites excluding steroid dienone is 1. The largest absolute Gasteiger partial charge is 0.465 e. The van der Waals surface area contributed by atoms with E-state index in [2.05, 4.69) is 36.8 Å². The molecule has 0 radical (unpaired) electrons. The molecule has 0 aliphatic heterocycles. The van der Waals surface area contributed by atoms with Crippen molar-refractivity contribution in [2.24, 2.45) is 5.92 Å². The highest BCUT2D eigenvalue weighted by Gasteiger charge is 2.03. The molecular weight excluding hydrogens is 368 g/mol. The van der Waals surface area contributed by atoms with Crippen LogP contribution in [0.4, 0.5) is 0 Å². The second-order valence-corrected chi connectivity index (χ2v) is 8.39. The molecule has 1 aromatic heterocycles. The normalized spacial score (nSPS) is 12.4. The van der Waals surface area contributed by atoms with Crippen molar-refractivity contribution in [1.82, 2.24) is 9.97 Å². The zero-order valence-electron chi connectivity index (χ0n) is 19.3. The Hall–Kier alpha value is -2.16. The first-order valence-corrected chi connectivity index (χ1v) is 12.0. The van der Waals surface area contributed by atoms with Crippen LogP contribution in [0.3, 0.4) is 0 Å². The number of aromatic nitrogens is 2. The zero-order chi connectivity index (χ0) is 21.4. The van der Waals surface area contributed by atoms with Crippen LogP contribution in [0.25, 0.3) is 11.4 Å². The Morgan fingerprint density at radius 1 is 0.900 bits per heavy atom. The van der Waals surface area contributed by atoms with Crippen LogP contribution in [-0.2, 0) is 6.42 Å². The van der Waals surface area contributed by atoms with E-state index in [1.807, 2.05) is 36.7 Å². The van der Waals surface area contributed by atoms with Gasteiger partial charge in [0.25, 0.3) is 0 Å². The summed E-state index contributed by atoms with van der Waals surface area (Å²) in [5.41, 5.74) is 2.25. The van der Waals surface area contributed by atoms with Gasteiger partial charge in [0.05, 0.1) is 6.26 Å². The van der Waals surface area contributed by atoms with Crippen molar-refractivity contribution in [3.63, 3.8) is 0 Å². The first-order chi connectivity index (χ1) is 14.7. The van der Waals surface area contributed by atoms with E-state index in [1.165, 1.54) is 63.4 Å². The van der Waals surface area contributed by atoms with E-state index >= 15 is 0 Å². The molecule has 0 aliphatic carbocycles. The summed E-state index contributed by atoms with van der Waals surface area (Å²) in [4.78, 5) is 9.13. The fraction of sp³-hybridized carbons (Fsp3) is 0.556. The Labute approximate surface area is 184 Å². The van der Waals surface area contributed by atoms with Crippen molar-refractivity contribution in [2.75, 3.05) is 0 Å². The third kappa shape index (κ3) is 9.56. The molecule has 30 heavy (non-hydrogen) atoms. The number of hydrogen-bond acceptors (Lipinski definition) is 3. The number of unbranched alkanes of at least 4 members (excludes halogenated alkanes) is 6. The van der Waals surface area contributed by atoms with Crippen molar-refractivity contribution in [3.05, 3.63) is 54.6 Å². The van der Waals surface area contributed by atoms with Gasteiger partial charge in [-0.15, -0.1) is 0 Å². The maximum Gasteiger partial charge on any atom is 0.159 e. The highest BCUT2D eigenvalue weighted by atomic mass is 16.5. The van der Waals surface area contributed by atoms with Crippen LogP contribution in [0.2, 0.25) is 0 Å². The summed E-state index contributed by atoms with van der Waals surface area (Å²) in [6.45, 7) is 6.86. The van der Waals surface area contributed by atoms with Gasteiger partial charge in [-0.1, -0.05) is 65.7 Å². The van der Waals surface area contributed by atoms with Gasteiger partial charge < -0.3 is 4.74 Å². The van der Waals surface area contributed by atoms with Gasteiger partial charge in [-0.05, 0) is 67.5 Å². The summed E-state index contributed by atoms with van der Waals surface area (Å²) in [5.74, 6) is 2.47. The second kappa shape index (κ2) is 14.8. The first kappa shape index (κ1) is 24.1. The van der Waals surface area contributed by atoms with E-state index in [-0.39, 0.29) is 0 Å². The maximum atomic E-state index is 5.69. The number of aryl methyl sites for hydroxylation is 1. The average molecular weight is 409 g/mol. The van der Waals surface area contributed by atoms with E-state index in [0.717, 1.165) is 35.9 Å². The molecule has 0 N–H and O–H groups in total. The Kier molecular flexibility index (Phi) is 11.9.